The van der Waals surface area contributed by atoms with Gasteiger partial charge >= 0.3 is 5.97 Å². The minimum absolute atomic E-state index is 0.114. The number of nitrogens with zero attached hydrogens (tertiary/aromatic N) is 2. The van der Waals surface area contributed by atoms with Gasteiger partial charge in [-0.25, -0.2) is 4.79 Å². The van der Waals surface area contributed by atoms with Crippen LogP contribution >= 0.6 is 0 Å². The monoisotopic (exact) mass is 250 g/mol. The summed E-state index contributed by atoms with van der Waals surface area (Å²) >= 11 is 0. The van der Waals surface area contributed by atoms with Gasteiger partial charge < -0.3 is 14.7 Å². The van der Waals surface area contributed by atoms with Crippen molar-refractivity contribution >= 4 is 11.7 Å². The van der Waals surface area contributed by atoms with E-state index in [1.54, 1.807) is 0 Å². The highest BCUT2D eigenvalue weighted by molar-refractivity contribution is 5.94. The molecular formula is C13H18N2O3. The van der Waals surface area contributed by atoms with Gasteiger partial charge in [-0.05, 0) is 26.3 Å². The van der Waals surface area contributed by atoms with Crippen LogP contribution in [0.5, 0.6) is 0 Å². The van der Waals surface area contributed by atoms with E-state index in [2.05, 4.69) is 9.88 Å². The highest BCUT2D eigenvalue weighted by Crippen LogP contribution is 2.23. The molecule has 1 aromatic rings. The third kappa shape index (κ3) is 2.79. The molecule has 2 heterocycles. The van der Waals surface area contributed by atoms with Gasteiger partial charge in [0, 0.05) is 31.6 Å². The van der Waals surface area contributed by atoms with Gasteiger partial charge in [-0.15, -0.1) is 0 Å². The molecule has 0 radical (unpaired) electrons. The van der Waals surface area contributed by atoms with E-state index in [4.69, 9.17) is 4.74 Å². The Morgan fingerprint density at radius 3 is 3.11 bits per heavy atom. The maximum Gasteiger partial charge on any atom is 0.339 e. The molecule has 1 N–H and O–H groups in total. The van der Waals surface area contributed by atoms with E-state index in [1.807, 2.05) is 19.9 Å². The second kappa shape index (κ2) is 5.35. The number of hydrogen-bond donors (Lipinski definition) is 1. The molecule has 0 spiro atoms. The Balaban J connectivity index is 2.35. The first-order valence-corrected chi connectivity index (χ1v) is 6.14. The average molecular weight is 250 g/mol. The quantitative estimate of drug-likeness (QED) is 0.865. The summed E-state index contributed by atoms with van der Waals surface area (Å²) in [6.45, 7) is 6.13. The van der Waals surface area contributed by atoms with Crippen molar-refractivity contribution in [3.63, 3.8) is 0 Å². The number of carboxylic acid groups (broad SMARTS) is 1. The lowest BCUT2D eigenvalue weighted by Gasteiger charge is -2.25. The number of aromatic carboxylic acids is 1. The number of ether oxygens (including phenoxy) is 1. The van der Waals surface area contributed by atoms with Crippen molar-refractivity contribution < 1.29 is 14.6 Å². The minimum Gasteiger partial charge on any atom is -0.478 e. The number of anilines is 1. The van der Waals surface area contributed by atoms with Crippen LogP contribution in [0.3, 0.4) is 0 Å². The van der Waals surface area contributed by atoms with Crippen molar-refractivity contribution in [2.45, 2.75) is 26.4 Å². The van der Waals surface area contributed by atoms with Gasteiger partial charge in [0.2, 0.25) is 0 Å². The number of carboxylic acids is 1. The van der Waals surface area contributed by atoms with Crippen LogP contribution < -0.4 is 4.90 Å². The van der Waals surface area contributed by atoms with Crippen LogP contribution in [-0.4, -0.2) is 41.9 Å². The van der Waals surface area contributed by atoms with Crippen LogP contribution in [0.15, 0.2) is 12.3 Å². The lowest BCUT2D eigenvalue weighted by atomic mass is 10.1. The largest absolute Gasteiger partial charge is 0.478 e. The van der Waals surface area contributed by atoms with Gasteiger partial charge in [-0.2, -0.15) is 0 Å². The molecule has 0 aromatic carbocycles. The van der Waals surface area contributed by atoms with E-state index in [1.165, 1.54) is 6.20 Å². The molecule has 1 aliphatic rings. The Morgan fingerprint density at radius 2 is 2.39 bits per heavy atom. The van der Waals surface area contributed by atoms with E-state index < -0.39 is 5.97 Å². The summed E-state index contributed by atoms with van der Waals surface area (Å²) in [6, 6.07) is 1.83. The summed E-state index contributed by atoms with van der Waals surface area (Å²) in [6.07, 6.45) is 2.45. The molecule has 0 aliphatic carbocycles. The average Bonchev–Trinajstić information content (AvgIpc) is 2.53. The van der Waals surface area contributed by atoms with Crippen molar-refractivity contribution in [3.05, 3.63) is 23.5 Å². The lowest BCUT2D eigenvalue weighted by Crippen LogP contribution is -2.31. The second-order valence-corrected chi connectivity index (χ2v) is 4.63. The van der Waals surface area contributed by atoms with Crippen molar-refractivity contribution in [1.29, 1.82) is 0 Å². The zero-order chi connectivity index (χ0) is 13.1. The Kier molecular flexibility index (Phi) is 3.81. The predicted molar refractivity (Wildman–Crippen MR) is 68.2 cm³/mol. The first-order chi connectivity index (χ1) is 8.58. The number of pyridine rings is 1. The molecule has 1 aromatic heterocycles. The van der Waals surface area contributed by atoms with Gasteiger partial charge in [-0.1, -0.05) is 0 Å². The minimum atomic E-state index is -0.935. The van der Waals surface area contributed by atoms with Crippen molar-refractivity contribution in [3.8, 4) is 0 Å². The van der Waals surface area contributed by atoms with Gasteiger partial charge in [0.1, 0.15) is 5.56 Å². The molecule has 2 rings (SSSR count). The van der Waals surface area contributed by atoms with Crippen molar-refractivity contribution in [2.75, 3.05) is 24.6 Å². The predicted octanol–water partition coefficient (Wildman–Crippen LogP) is 1.70. The van der Waals surface area contributed by atoms with E-state index in [0.29, 0.717) is 6.54 Å². The van der Waals surface area contributed by atoms with Gasteiger partial charge in [0.05, 0.1) is 11.8 Å². The molecule has 1 saturated heterocycles. The van der Waals surface area contributed by atoms with Crippen LogP contribution in [0.25, 0.3) is 0 Å². The zero-order valence-electron chi connectivity index (χ0n) is 10.7. The molecule has 0 amide bonds. The smallest absolute Gasteiger partial charge is 0.339 e. The molecular weight excluding hydrogens is 232 g/mol. The molecule has 18 heavy (non-hydrogen) atoms. The fourth-order valence-corrected chi connectivity index (χ4v) is 2.18. The van der Waals surface area contributed by atoms with Crippen molar-refractivity contribution in [1.82, 2.24) is 4.98 Å². The van der Waals surface area contributed by atoms with Crippen LogP contribution in [0, 0.1) is 6.92 Å². The number of carbonyl (C=O) groups is 1. The van der Waals surface area contributed by atoms with Crippen LogP contribution in [0.2, 0.25) is 0 Å². The third-order valence-corrected chi connectivity index (χ3v) is 3.04. The van der Waals surface area contributed by atoms with Crippen LogP contribution in [0.4, 0.5) is 5.69 Å². The second-order valence-electron chi connectivity index (χ2n) is 4.63. The standard InChI is InChI=1S/C13H18N2O3/c1-9-6-12(11(7-14-9)13(16)17)15-4-3-5-18-10(2)8-15/h6-7,10H,3-5,8H2,1-2H3,(H,16,17). The Hall–Kier alpha value is -1.62. The molecule has 5 heteroatoms. The summed E-state index contributed by atoms with van der Waals surface area (Å²) in [5, 5.41) is 9.23. The summed E-state index contributed by atoms with van der Waals surface area (Å²) < 4.78 is 5.58. The van der Waals surface area contributed by atoms with Gasteiger partial charge in [-0.3, -0.25) is 4.98 Å². The summed E-state index contributed by atoms with van der Waals surface area (Å²) in [5.74, 6) is -0.935. The normalized spacial score (nSPS) is 20.6. The highest BCUT2D eigenvalue weighted by Gasteiger charge is 2.20. The van der Waals surface area contributed by atoms with E-state index >= 15 is 0 Å². The van der Waals surface area contributed by atoms with Crippen LogP contribution in [-0.2, 0) is 4.74 Å². The fourth-order valence-electron chi connectivity index (χ4n) is 2.18. The molecule has 98 valence electrons. The Morgan fingerprint density at radius 1 is 1.61 bits per heavy atom. The molecule has 1 atom stereocenters. The maximum absolute atomic E-state index is 11.2. The van der Waals surface area contributed by atoms with E-state index in [9.17, 15) is 9.90 Å². The molecule has 1 fully saturated rings. The van der Waals surface area contributed by atoms with Crippen molar-refractivity contribution in [2.24, 2.45) is 0 Å². The SMILES string of the molecule is Cc1cc(N2CCCOC(C)C2)c(C(=O)O)cn1. The van der Waals surface area contributed by atoms with Gasteiger partial charge in [0.15, 0.2) is 0 Å². The first-order valence-electron chi connectivity index (χ1n) is 6.14. The number of rotatable bonds is 2. The lowest BCUT2D eigenvalue weighted by molar-refractivity contribution is 0.0695. The van der Waals surface area contributed by atoms with Crippen LogP contribution in [0.1, 0.15) is 29.4 Å². The van der Waals surface area contributed by atoms with E-state index in [-0.39, 0.29) is 11.7 Å². The summed E-state index contributed by atoms with van der Waals surface area (Å²) in [4.78, 5) is 17.4. The summed E-state index contributed by atoms with van der Waals surface area (Å²) in [7, 11) is 0. The zero-order valence-corrected chi connectivity index (χ0v) is 10.7. The number of hydrogen-bond acceptors (Lipinski definition) is 4. The molecule has 0 saturated carbocycles. The molecule has 0 bridgehead atoms. The number of aryl methyl sites for hydroxylation is 1. The topological polar surface area (TPSA) is 62.7 Å². The first kappa shape index (κ1) is 12.8. The maximum atomic E-state index is 11.2. The van der Waals surface area contributed by atoms with Gasteiger partial charge in [0.25, 0.3) is 0 Å². The highest BCUT2D eigenvalue weighted by atomic mass is 16.5. The Bertz CT molecular complexity index is 448. The molecule has 1 unspecified atom stereocenters. The molecule has 5 nitrogen and oxygen atoms in total. The van der Waals surface area contributed by atoms with E-state index in [0.717, 1.165) is 31.0 Å². The Labute approximate surface area is 106 Å². The number of aromatic nitrogens is 1. The summed E-state index contributed by atoms with van der Waals surface area (Å²) in [5.41, 5.74) is 1.83. The fraction of sp³-hybridized carbons (Fsp3) is 0.538. The third-order valence-electron chi connectivity index (χ3n) is 3.04. The molecule has 1 aliphatic heterocycles.